The van der Waals surface area contributed by atoms with Gasteiger partial charge in [-0.05, 0) is 51.0 Å². The number of carbonyl (C=O) groups excluding carboxylic acids is 2. The van der Waals surface area contributed by atoms with Crippen molar-refractivity contribution in [3.63, 3.8) is 0 Å². The SMILES string of the molecule is Cc1cc(C)c(NC(=O)c2sc(NC(=O)CS(=O)(=O)c3ccccc3)nc2C)c(C)c1. The Morgan fingerprint density at radius 1 is 0.968 bits per heavy atom. The van der Waals surface area contributed by atoms with Gasteiger partial charge in [0.05, 0.1) is 10.6 Å². The van der Waals surface area contributed by atoms with Crippen molar-refractivity contribution in [3.05, 3.63) is 69.7 Å². The quantitative estimate of drug-likeness (QED) is 0.581. The van der Waals surface area contributed by atoms with Crippen LogP contribution in [0.25, 0.3) is 0 Å². The molecule has 3 aromatic rings. The molecule has 0 spiro atoms. The number of anilines is 2. The van der Waals surface area contributed by atoms with Gasteiger partial charge >= 0.3 is 0 Å². The first kappa shape index (κ1) is 22.6. The Morgan fingerprint density at radius 3 is 2.19 bits per heavy atom. The van der Waals surface area contributed by atoms with Gasteiger partial charge in [0.15, 0.2) is 15.0 Å². The van der Waals surface area contributed by atoms with Crippen molar-refractivity contribution in [2.45, 2.75) is 32.6 Å². The van der Waals surface area contributed by atoms with Gasteiger partial charge < -0.3 is 10.6 Å². The summed E-state index contributed by atoms with van der Waals surface area (Å²) in [5.74, 6) is -1.75. The molecule has 3 rings (SSSR count). The summed E-state index contributed by atoms with van der Waals surface area (Å²) in [5, 5.41) is 5.57. The standard InChI is InChI=1S/C22H23N3O4S2/c1-13-10-14(2)19(15(3)11-13)25-21(27)20-16(4)23-22(30-20)24-18(26)12-31(28,29)17-8-6-5-7-9-17/h5-11H,12H2,1-4H3,(H,25,27)(H,23,24,26). The Hall–Kier alpha value is -3.04. The lowest BCUT2D eigenvalue weighted by Crippen LogP contribution is -2.22. The van der Waals surface area contributed by atoms with E-state index in [-0.39, 0.29) is 15.9 Å². The molecule has 0 aliphatic carbocycles. The molecule has 0 saturated carbocycles. The molecule has 2 N–H and O–H groups in total. The third-order valence-corrected chi connectivity index (χ3v) is 7.29. The number of nitrogens with one attached hydrogen (secondary N) is 2. The Morgan fingerprint density at radius 2 is 1.58 bits per heavy atom. The molecule has 9 heteroatoms. The Labute approximate surface area is 185 Å². The molecule has 0 fully saturated rings. The molecule has 0 radical (unpaired) electrons. The zero-order valence-electron chi connectivity index (χ0n) is 17.6. The van der Waals surface area contributed by atoms with Crippen LogP contribution in [-0.4, -0.2) is 31.0 Å². The van der Waals surface area contributed by atoms with E-state index in [1.165, 1.54) is 12.1 Å². The summed E-state index contributed by atoms with van der Waals surface area (Å²) in [4.78, 5) is 29.7. The van der Waals surface area contributed by atoms with E-state index >= 15 is 0 Å². The smallest absolute Gasteiger partial charge is 0.267 e. The summed E-state index contributed by atoms with van der Waals surface area (Å²) in [6.45, 7) is 7.50. The highest BCUT2D eigenvalue weighted by Crippen LogP contribution is 2.27. The summed E-state index contributed by atoms with van der Waals surface area (Å²) in [5.41, 5.74) is 4.20. The first-order chi connectivity index (χ1) is 14.6. The van der Waals surface area contributed by atoms with E-state index in [1.807, 2.05) is 32.9 Å². The molecule has 0 aliphatic heterocycles. The normalized spacial score (nSPS) is 11.2. The summed E-state index contributed by atoms with van der Waals surface area (Å²) in [7, 11) is -3.77. The van der Waals surface area contributed by atoms with Gasteiger partial charge in [-0.25, -0.2) is 13.4 Å². The van der Waals surface area contributed by atoms with Crippen LogP contribution in [0, 0.1) is 27.7 Å². The monoisotopic (exact) mass is 457 g/mol. The molecule has 1 heterocycles. The molecule has 31 heavy (non-hydrogen) atoms. The average Bonchev–Trinajstić information content (AvgIpc) is 3.04. The predicted molar refractivity (Wildman–Crippen MR) is 123 cm³/mol. The molecule has 0 unspecified atom stereocenters. The van der Waals surface area contributed by atoms with Crippen molar-refractivity contribution in [3.8, 4) is 0 Å². The maximum atomic E-state index is 12.8. The summed E-state index contributed by atoms with van der Waals surface area (Å²) >= 11 is 1.00. The minimum absolute atomic E-state index is 0.0735. The van der Waals surface area contributed by atoms with E-state index in [1.54, 1.807) is 25.1 Å². The fraction of sp³-hybridized carbons (Fsp3) is 0.227. The molecule has 0 atom stereocenters. The molecule has 7 nitrogen and oxygen atoms in total. The van der Waals surface area contributed by atoms with E-state index in [0.717, 1.165) is 33.7 Å². The molecule has 0 bridgehead atoms. The molecule has 2 amide bonds. The largest absolute Gasteiger partial charge is 0.321 e. The molecule has 0 saturated heterocycles. The van der Waals surface area contributed by atoms with Crippen molar-refractivity contribution in [2.75, 3.05) is 16.4 Å². The number of amides is 2. The molecule has 0 aliphatic rings. The van der Waals surface area contributed by atoms with Crippen molar-refractivity contribution in [1.82, 2.24) is 4.98 Å². The highest BCUT2D eigenvalue weighted by atomic mass is 32.2. The molecular weight excluding hydrogens is 434 g/mol. The number of rotatable bonds is 6. The summed E-state index contributed by atoms with van der Waals surface area (Å²) in [6.07, 6.45) is 0. The second kappa shape index (κ2) is 8.99. The lowest BCUT2D eigenvalue weighted by atomic mass is 10.1. The van der Waals surface area contributed by atoms with Crippen LogP contribution in [0.3, 0.4) is 0 Å². The first-order valence-electron chi connectivity index (χ1n) is 9.51. The van der Waals surface area contributed by atoms with Crippen molar-refractivity contribution in [2.24, 2.45) is 0 Å². The van der Waals surface area contributed by atoms with Crippen LogP contribution >= 0.6 is 11.3 Å². The van der Waals surface area contributed by atoms with E-state index in [2.05, 4.69) is 15.6 Å². The number of hydrogen-bond donors (Lipinski definition) is 2. The van der Waals surface area contributed by atoms with Gasteiger partial charge in [-0.2, -0.15) is 0 Å². The van der Waals surface area contributed by atoms with E-state index in [4.69, 9.17) is 0 Å². The number of carbonyl (C=O) groups is 2. The maximum Gasteiger partial charge on any atom is 0.267 e. The number of nitrogens with zero attached hydrogens (tertiary/aromatic N) is 1. The van der Waals surface area contributed by atoms with Gasteiger partial charge in [-0.1, -0.05) is 47.2 Å². The predicted octanol–water partition coefficient (Wildman–Crippen LogP) is 4.04. The van der Waals surface area contributed by atoms with Crippen LogP contribution in [0.15, 0.2) is 47.4 Å². The van der Waals surface area contributed by atoms with Crippen molar-refractivity contribution in [1.29, 1.82) is 0 Å². The Kier molecular flexibility index (Phi) is 6.56. The zero-order chi connectivity index (χ0) is 22.8. The molecule has 1 aromatic heterocycles. The number of aryl methyl sites for hydroxylation is 4. The maximum absolute atomic E-state index is 12.8. The van der Waals surface area contributed by atoms with Crippen LogP contribution in [0.4, 0.5) is 10.8 Å². The third kappa shape index (κ3) is 5.36. The first-order valence-corrected chi connectivity index (χ1v) is 12.0. The summed E-state index contributed by atoms with van der Waals surface area (Å²) < 4.78 is 24.7. The minimum Gasteiger partial charge on any atom is -0.321 e. The van der Waals surface area contributed by atoms with Gasteiger partial charge in [0.1, 0.15) is 10.6 Å². The highest BCUT2D eigenvalue weighted by Gasteiger charge is 2.22. The molecule has 2 aromatic carbocycles. The van der Waals surface area contributed by atoms with Crippen LogP contribution < -0.4 is 10.6 Å². The second-order valence-electron chi connectivity index (χ2n) is 7.28. The lowest BCUT2D eigenvalue weighted by molar-refractivity contribution is -0.113. The zero-order valence-corrected chi connectivity index (χ0v) is 19.3. The number of hydrogen-bond acceptors (Lipinski definition) is 6. The molecule has 162 valence electrons. The summed E-state index contributed by atoms with van der Waals surface area (Å²) in [6, 6.07) is 11.7. The van der Waals surface area contributed by atoms with Crippen LogP contribution in [0.2, 0.25) is 0 Å². The van der Waals surface area contributed by atoms with E-state index in [9.17, 15) is 18.0 Å². The Bertz CT molecular complexity index is 1230. The molecular formula is C22H23N3O4S2. The topological polar surface area (TPSA) is 105 Å². The second-order valence-corrected chi connectivity index (χ2v) is 10.3. The number of thiazole rings is 1. The lowest BCUT2D eigenvalue weighted by Gasteiger charge is -2.12. The third-order valence-electron chi connectivity index (χ3n) is 4.59. The van der Waals surface area contributed by atoms with E-state index in [0.29, 0.717) is 10.6 Å². The number of sulfone groups is 1. The van der Waals surface area contributed by atoms with Crippen molar-refractivity contribution >= 4 is 43.8 Å². The van der Waals surface area contributed by atoms with Crippen LogP contribution in [0.1, 0.15) is 32.1 Å². The highest BCUT2D eigenvalue weighted by molar-refractivity contribution is 7.92. The minimum atomic E-state index is -3.77. The Balaban J connectivity index is 1.72. The average molecular weight is 458 g/mol. The van der Waals surface area contributed by atoms with Gasteiger partial charge in [0, 0.05) is 5.69 Å². The van der Waals surface area contributed by atoms with Gasteiger partial charge in [0.25, 0.3) is 5.91 Å². The van der Waals surface area contributed by atoms with Gasteiger partial charge in [-0.15, -0.1) is 0 Å². The fourth-order valence-corrected chi connectivity index (χ4v) is 5.28. The van der Waals surface area contributed by atoms with Gasteiger partial charge in [-0.3, -0.25) is 9.59 Å². The van der Waals surface area contributed by atoms with Crippen LogP contribution in [-0.2, 0) is 14.6 Å². The van der Waals surface area contributed by atoms with E-state index < -0.39 is 21.5 Å². The van der Waals surface area contributed by atoms with Crippen LogP contribution in [0.5, 0.6) is 0 Å². The van der Waals surface area contributed by atoms with Crippen molar-refractivity contribution < 1.29 is 18.0 Å². The number of aromatic nitrogens is 1. The van der Waals surface area contributed by atoms with Gasteiger partial charge in [0.2, 0.25) is 5.91 Å². The fourth-order valence-electron chi connectivity index (χ4n) is 3.25. The number of benzene rings is 2.